The van der Waals surface area contributed by atoms with Gasteiger partial charge in [-0.15, -0.1) is 0 Å². The molecule has 0 unspecified atom stereocenters. The van der Waals surface area contributed by atoms with E-state index in [1.165, 1.54) is 11.1 Å². The van der Waals surface area contributed by atoms with Crippen molar-refractivity contribution < 1.29 is 18.7 Å². The van der Waals surface area contributed by atoms with E-state index in [9.17, 15) is 0 Å². The van der Waals surface area contributed by atoms with Crippen LogP contribution in [0.15, 0.2) is 40.9 Å². The van der Waals surface area contributed by atoms with Gasteiger partial charge in [-0.3, -0.25) is 0 Å². The number of nitrogens with zero attached hydrogens (tertiary/aromatic N) is 2. The molecule has 1 heterocycles. The molecule has 0 saturated heterocycles. The first-order chi connectivity index (χ1) is 12.1. The van der Waals surface area contributed by atoms with E-state index < -0.39 is 0 Å². The number of ether oxygens (including phenoxy) is 3. The Morgan fingerprint density at radius 2 is 1.72 bits per heavy atom. The fourth-order valence-electron chi connectivity index (χ4n) is 2.35. The number of methoxy groups -OCH3 is 2. The highest BCUT2D eigenvalue weighted by molar-refractivity contribution is 5.65. The number of benzene rings is 2. The molecule has 1 aromatic heterocycles. The quantitative estimate of drug-likeness (QED) is 0.677. The molecular weight excluding hydrogens is 320 g/mol. The Hall–Kier alpha value is -3.02. The SMILES string of the molecule is COc1ccc(-c2noc(COc3ccc(C)c(C)c3)n2)c(OC)c1. The Balaban J connectivity index is 1.75. The lowest BCUT2D eigenvalue weighted by Crippen LogP contribution is -1.97. The van der Waals surface area contributed by atoms with Crippen LogP contribution in [-0.4, -0.2) is 24.4 Å². The Labute approximate surface area is 146 Å². The van der Waals surface area contributed by atoms with E-state index in [1.54, 1.807) is 20.3 Å². The number of aryl methyl sites for hydroxylation is 2. The summed E-state index contributed by atoms with van der Waals surface area (Å²) in [5, 5.41) is 4.01. The van der Waals surface area contributed by atoms with Gasteiger partial charge in [-0.1, -0.05) is 11.2 Å². The molecule has 6 heteroatoms. The third-order valence-corrected chi connectivity index (χ3v) is 3.96. The van der Waals surface area contributed by atoms with Gasteiger partial charge in [-0.25, -0.2) is 0 Å². The summed E-state index contributed by atoms with van der Waals surface area (Å²) < 4.78 is 21.6. The van der Waals surface area contributed by atoms with E-state index >= 15 is 0 Å². The third-order valence-electron chi connectivity index (χ3n) is 3.96. The van der Waals surface area contributed by atoms with Crippen molar-refractivity contribution in [3.63, 3.8) is 0 Å². The maximum Gasteiger partial charge on any atom is 0.264 e. The summed E-state index contributed by atoms with van der Waals surface area (Å²) in [5.41, 5.74) is 3.12. The van der Waals surface area contributed by atoms with Crippen molar-refractivity contribution in [1.82, 2.24) is 10.1 Å². The van der Waals surface area contributed by atoms with Crippen LogP contribution in [0.3, 0.4) is 0 Å². The average molecular weight is 340 g/mol. The van der Waals surface area contributed by atoms with Gasteiger partial charge in [0.15, 0.2) is 6.61 Å². The van der Waals surface area contributed by atoms with Crippen molar-refractivity contribution in [2.45, 2.75) is 20.5 Å². The van der Waals surface area contributed by atoms with E-state index in [-0.39, 0.29) is 6.61 Å². The van der Waals surface area contributed by atoms with Gasteiger partial charge in [-0.05, 0) is 49.2 Å². The zero-order valence-corrected chi connectivity index (χ0v) is 14.7. The van der Waals surface area contributed by atoms with Crippen molar-refractivity contribution in [2.24, 2.45) is 0 Å². The number of rotatable bonds is 6. The van der Waals surface area contributed by atoms with Gasteiger partial charge in [0, 0.05) is 6.07 Å². The molecular formula is C19H20N2O4. The smallest absolute Gasteiger partial charge is 0.264 e. The van der Waals surface area contributed by atoms with Gasteiger partial charge in [0.1, 0.15) is 17.2 Å². The number of hydrogen-bond donors (Lipinski definition) is 0. The van der Waals surface area contributed by atoms with Crippen LogP contribution in [0.1, 0.15) is 17.0 Å². The summed E-state index contributed by atoms with van der Waals surface area (Å²) in [4.78, 5) is 4.38. The molecule has 2 aromatic carbocycles. The molecule has 0 atom stereocenters. The fraction of sp³-hybridized carbons (Fsp3) is 0.263. The predicted octanol–water partition coefficient (Wildman–Crippen LogP) is 3.95. The molecule has 0 amide bonds. The molecule has 0 fully saturated rings. The van der Waals surface area contributed by atoms with E-state index in [1.807, 2.05) is 37.3 Å². The average Bonchev–Trinajstić information content (AvgIpc) is 3.11. The maximum absolute atomic E-state index is 5.72. The molecule has 0 spiro atoms. The van der Waals surface area contributed by atoms with Crippen LogP contribution in [0, 0.1) is 13.8 Å². The Bertz CT molecular complexity index is 874. The molecule has 0 saturated carbocycles. The fourth-order valence-corrected chi connectivity index (χ4v) is 2.35. The van der Waals surface area contributed by atoms with Crippen LogP contribution in [0.5, 0.6) is 17.2 Å². The van der Waals surface area contributed by atoms with Gasteiger partial charge >= 0.3 is 0 Å². The van der Waals surface area contributed by atoms with Crippen molar-refractivity contribution in [2.75, 3.05) is 14.2 Å². The van der Waals surface area contributed by atoms with E-state index in [0.717, 1.165) is 11.3 Å². The second kappa shape index (κ2) is 7.25. The predicted molar refractivity (Wildman–Crippen MR) is 93.1 cm³/mol. The summed E-state index contributed by atoms with van der Waals surface area (Å²) in [5.74, 6) is 2.92. The van der Waals surface area contributed by atoms with Gasteiger partial charge in [0.05, 0.1) is 19.8 Å². The number of aromatic nitrogens is 2. The third kappa shape index (κ3) is 3.74. The molecule has 25 heavy (non-hydrogen) atoms. The molecule has 0 N–H and O–H groups in total. The molecule has 3 aromatic rings. The van der Waals surface area contributed by atoms with E-state index in [2.05, 4.69) is 17.1 Å². The number of hydrogen-bond acceptors (Lipinski definition) is 6. The monoisotopic (exact) mass is 340 g/mol. The lowest BCUT2D eigenvalue weighted by atomic mass is 10.1. The van der Waals surface area contributed by atoms with Crippen molar-refractivity contribution >= 4 is 0 Å². The summed E-state index contributed by atoms with van der Waals surface area (Å²) in [7, 11) is 3.19. The lowest BCUT2D eigenvalue weighted by Gasteiger charge is -2.07. The Morgan fingerprint density at radius 1 is 0.920 bits per heavy atom. The van der Waals surface area contributed by atoms with Crippen LogP contribution in [-0.2, 0) is 6.61 Å². The molecule has 0 aliphatic rings. The molecule has 6 nitrogen and oxygen atoms in total. The van der Waals surface area contributed by atoms with Gasteiger partial charge in [0.25, 0.3) is 5.89 Å². The Kier molecular flexibility index (Phi) is 4.88. The zero-order chi connectivity index (χ0) is 17.8. The second-order valence-corrected chi connectivity index (χ2v) is 5.61. The lowest BCUT2D eigenvalue weighted by molar-refractivity contribution is 0.243. The highest BCUT2D eigenvalue weighted by atomic mass is 16.5. The van der Waals surface area contributed by atoms with Crippen LogP contribution >= 0.6 is 0 Å². The minimum atomic E-state index is 0.202. The van der Waals surface area contributed by atoms with Crippen molar-refractivity contribution in [3.05, 3.63) is 53.4 Å². The summed E-state index contributed by atoms with van der Waals surface area (Å²) in [6.45, 7) is 4.31. The molecule has 0 aliphatic heterocycles. The van der Waals surface area contributed by atoms with Crippen LogP contribution in [0.4, 0.5) is 0 Å². The topological polar surface area (TPSA) is 66.6 Å². The first-order valence-electron chi connectivity index (χ1n) is 7.85. The van der Waals surface area contributed by atoms with Gasteiger partial charge in [-0.2, -0.15) is 4.98 Å². The zero-order valence-electron chi connectivity index (χ0n) is 14.7. The molecule has 130 valence electrons. The minimum Gasteiger partial charge on any atom is -0.497 e. The molecule has 0 bridgehead atoms. The standard InChI is InChI=1S/C19H20N2O4/c1-12-5-6-15(9-13(12)2)24-11-18-20-19(21-25-18)16-8-7-14(22-3)10-17(16)23-4/h5-10H,11H2,1-4H3. The normalized spacial score (nSPS) is 10.6. The summed E-state index contributed by atoms with van der Waals surface area (Å²) >= 11 is 0. The van der Waals surface area contributed by atoms with E-state index in [0.29, 0.717) is 23.2 Å². The highest BCUT2D eigenvalue weighted by Gasteiger charge is 2.14. The van der Waals surface area contributed by atoms with Crippen molar-refractivity contribution in [3.8, 4) is 28.6 Å². The van der Waals surface area contributed by atoms with Crippen molar-refractivity contribution in [1.29, 1.82) is 0 Å². The summed E-state index contributed by atoms with van der Waals surface area (Å²) in [6, 6.07) is 11.4. The van der Waals surface area contributed by atoms with Crippen LogP contribution < -0.4 is 14.2 Å². The molecule has 3 rings (SSSR count). The summed E-state index contributed by atoms with van der Waals surface area (Å²) in [6.07, 6.45) is 0. The molecule has 0 aliphatic carbocycles. The highest BCUT2D eigenvalue weighted by Crippen LogP contribution is 2.31. The minimum absolute atomic E-state index is 0.202. The van der Waals surface area contributed by atoms with Crippen LogP contribution in [0.25, 0.3) is 11.4 Å². The van der Waals surface area contributed by atoms with Crippen LogP contribution in [0.2, 0.25) is 0 Å². The van der Waals surface area contributed by atoms with Gasteiger partial charge < -0.3 is 18.7 Å². The second-order valence-electron chi connectivity index (χ2n) is 5.61. The molecule has 0 radical (unpaired) electrons. The first kappa shape index (κ1) is 16.8. The first-order valence-corrected chi connectivity index (χ1v) is 7.85. The van der Waals surface area contributed by atoms with E-state index in [4.69, 9.17) is 18.7 Å². The Morgan fingerprint density at radius 3 is 2.44 bits per heavy atom. The van der Waals surface area contributed by atoms with Gasteiger partial charge in [0.2, 0.25) is 5.82 Å². The maximum atomic E-state index is 5.72. The largest absolute Gasteiger partial charge is 0.497 e.